The number of thioether (sulfide) groups is 1. The Kier molecular flexibility index (Phi) is 4.94. The van der Waals surface area contributed by atoms with Crippen molar-refractivity contribution < 1.29 is 9.53 Å². The number of nitrogens with zero attached hydrogens (tertiary/aromatic N) is 2. The standard InChI is InChI=1S/C13H14N4O3S/c1-8(21-13-16-11(18)7-14-17-13)12(19)15-9-5-3-4-6-10(9)20-2/h3-8H,1-2H3,(H,15,19)(H,16,17,18)/t8-/m0/s1. The zero-order valence-corrected chi connectivity index (χ0v) is 12.3. The van der Waals surface area contributed by atoms with Gasteiger partial charge in [0, 0.05) is 0 Å². The molecule has 0 bridgehead atoms. The van der Waals surface area contributed by atoms with Crippen LogP contribution in [0.15, 0.2) is 40.4 Å². The van der Waals surface area contributed by atoms with E-state index in [0.717, 1.165) is 18.0 Å². The highest BCUT2D eigenvalue weighted by molar-refractivity contribution is 8.00. The summed E-state index contributed by atoms with van der Waals surface area (Å²) in [5.41, 5.74) is 0.231. The molecule has 0 fully saturated rings. The van der Waals surface area contributed by atoms with Gasteiger partial charge in [0.1, 0.15) is 11.9 Å². The molecule has 0 aliphatic heterocycles. The van der Waals surface area contributed by atoms with Crippen molar-refractivity contribution in [1.29, 1.82) is 0 Å². The topological polar surface area (TPSA) is 97.0 Å². The van der Waals surface area contributed by atoms with E-state index in [1.807, 2.05) is 6.07 Å². The first-order chi connectivity index (χ1) is 10.1. The molecule has 1 amide bonds. The Hall–Kier alpha value is -2.35. The minimum absolute atomic E-state index is 0.226. The Morgan fingerprint density at radius 3 is 2.90 bits per heavy atom. The Balaban J connectivity index is 2.04. The van der Waals surface area contributed by atoms with E-state index in [2.05, 4.69) is 20.5 Å². The van der Waals surface area contributed by atoms with Crippen molar-refractivity contribution in [2.24, 2.45) is 0 Å². The van der Waals surface area contributed by atoms with Gasteiger partial charge in [0.2, 0.25) is 5.91 Å². The van der Waals surface area contributed by atoms with Crippen molar-refractivity contribution in [3.05, 3.63) is 40.8 Å². The van der Waals surface area contributed by atoms with Crippen LogP contribution in [0.4, 0.5) is 5.69 Å². The molecule has 2 aromatic rings. The quantitative estimate of drug-likeness (QED) is 0.808. The summed E-state index contributed by atoms with van der Waals surface area (Å²) in [5, 5.41) is 9.91. The second kappa shape index (κ2) is 6.89. The molecule has 8 heteroatoms. The predicted molar refractivity (Wildman–Crippen MR) is 79.6 cm³/mol. The number of amides is 1. The number of aromatic nitrogens is 3. The second-order valence-corrected chi connectivity index (χ2v) is 5.42. The molecule has 7 nitrogen and oxygen atoms in total. The number of nitrogens with one attached hydrogen (secondary N) is 2. The van der Waals surface area contributed by atoms with Crippen LogP contribution in [0.3, 0.4) is 0 Å². The molecule has 0 saturated carbocycles. The van der Waals surface area contributed by atoms with E-state index in [1.54, 1.807) is 25.1 Å². The second-order valence-electron chi connectivity index (χ2n) is 4.09. The molecule has 21 heavy (non-hydrogen) atoms. The summed E-state index contributed by atoms with van der Waals surface area (Å²) in [4.78, 5) is 25.8. The minimum Gasteiger partial charge on any atom is -0.495 e. The number of hydrogen-bond donors (Lipinski definition) is 2. The fraction of sp³-hybridized carbons (Fsp3) is 0.231. The zero-order chi connectivity index (χ0) is 15.2. The number of anilines is 1. The van der Waals surface area contributed by atoms with Gasteiger partial charge in [0.05, 0.1) is 18.0 Å². The molecule has 0 aliphatic carbocycles. The Labute approximate surface area is 125 Å². The summed E-state index contributed by atoms with van der Waals surface area (Å²) >= 11 is 1.12. The van der Waals surface area contributed by atoms with Crippen molar-refractivity contribution in [1.82, 2.24) is 15.2 Å². The monoisotopic (exact) mass is 306 g/mol. The van der Waals surface area contributed by atoms with Gasteiger partial charge >= 0.3 is 0 Å². The van der Waals surface area contributed by atoms with Gasteiger partial charge in [-0.2, -0.15) is 5.10 Å². The summed E-state index contributed by atoms with van der Waals surface area (Å²) in [6, 6.07) is 7.12. The number of hydrogen-bond acceptors (Lipinski definition) is 6. The highest BCUT2D eigenvalue weighted by atomic mass is 32.2. The Morgan fingerprint density at radius 1 is 1.43 bits per heavy atom. The molecule has 0 spiro atoms. The average molecular weight is 306 g/mol. The van der Waals surface area contributed by atoms with Crippen molar-refractivity contribution in [2.75, 3.05) is 12.4 Å². The third-order valence-corrected chi connectivity index (χ3v) is 3.55. The maximum atomic E-state index is 12.1. The molecule has 1 heterocycles. The third-order valence-electron chi connectivity index (χ3n) is 2.58. The van der Waals surface area contributed by atoms with E-state index in [-0.39, 0.29) is 11.5 Å². The van der Waals surface area contributed by atoms with Crippen molar-refractivity contribution in [3.63, 3.8) is 0 Å². The molecule has 0 aliphatic rings. The Morgan fingerprint density at radius 2 is 2.19 bits per heavy atom. The molecule has 110 valence electrons. The van der Waals surface area contributed by atoms with Gasteiger partial charge in [0.25, 0.3) is 5.56 Å². The number of para-hydroxylation sites is 2. The molecule has 2 rings (SSSR count). The van der Waals surface area contributed by atoms with E-state index in [4.69, 9.17) is 4.74 Å². The molecule has 2 N–H and O–H groups in total. The highest BCUT2D eigenvalue weighted by Crippen LogP contribution is 2.25. The number of aromatic amines is 1. The number of ether oxygens (including phenoxy) is 1. The van der Waals surface area contributed by atoms with Crippen LogP contribution in [0.25, 0.3) is 0 Å². The fourth-order valence-electron chi connectivity index (χ4n) is 1.55. The normalized spacial score (nSPS) is 11.7. The Bertz CT molecular complexity index is 689. The van der Waals surface area contributed by atoms with E-state index < -0.39 is 5.25 Å². The van der Waals surface area contributed by atoms with Gasteiger partial charge in [-0.25, -0.2) is 0 Å². The molecule has 0 radical (unpaired) electrons. The number of rotatable bonds is 5. The summed E-state index contributed by atoms with van der Waals surface area (Å²) in [6.07, 6.45) is 1.07. The highest BCUT2D eigenvalue weighted by Gasteiger charge is 2.17. The number of methoxy groups -OCH3 is 1. The van der Waals surface area contributed by atoms with Gasteiger partial charge in [-0.05, 0) is 19.1 Å². The lowest BCUT2D eigenvalue weighted by molar-refractivity contribution is -0.115. The van der Waals surface area contributed by atoms with Crippen LogP contribution in [0.1, 0.15) is 6.92 Å². The molecule has 1 atom stereocenters. The van der Waals surface area contributed by atoms with Crippen LogP contribution < -0.4 is 15.6 Å². The minimum atomic E-state index is -0.456. The first-order valence-electron chi connectivity index (χ1n) is 6.12. The number of H-pyrrole nitrogens is 1. The number of carbonyl (C=O) groups excluding carboxylic acids is 1. The lowest BCUT2D eigenvalue weighted by Crippen LogP contribution is -2.23. The summed E-state index contributed by atoms with van der Waals surface area (Å²) in [7, 11) is 1.54. The number of carbonyl (C=O) groups is 1. The SMILES string of the molecule is COc1ccccc1NC(=O)[C@H](C)Sc1nncc(=O)[nH]1. The van der Waals surface area contributed by atoms with Crippen molar-refractivity contribution in [3.8, 4) is 5.75 Å². The average Bonchev–Trinajstić information content (AvgIpc) is 2.47. The lowest BCUT2D eigenvalue weighted by Gasteiger charge is -2.13. The molecule has 0 saturated heterocycles. The van der Waals surface area contributed by atoms with Crippen molar-refractivity contribution >= 4 is 23.4 Å². The maximum Gasteiger partial charge on any atom is 0.270 e. The van der Waals surface area contributed by atoms with Crippen LogP contribution in [0, 0.1) is 0 Å². The smallest absolute Gasteiger partial charge is 0.270 e. The predicted octanol–water partition coefficient (Wildman–Crippen LogP) is 1.29. The van der Waals surface area contributed by atoms with Gasteiger partial charge in [-0.1, -0.05) is 23.9 Å². The largest absolute Gasteiger partial charge is 0.495 e. The van der Waals surface area contributed by atoms with Crippen LogP contribution in [0.2, 0.25) is 0 Å². The summed E-state index contributed by atoms with van der Waals surface area (Å²) in [5.74, 6) is 0.354. The summed E-state index contributed by atoms with van der Waals surface area (Å²) in [6.45, 7) is 1.71. The van der Waals surface area contributed by atoms with E-state index in [9.17, 15) is 9.59 Å². The first-order valence-corrected chi connectivity index (χ1v) is 7.00. The van der Waals surface area contributed by atoms with Gasteiger partial charge in [0.15, 0.2) is 5.16 Å². The van der Waals surface area contributed by atoms with E-state index in [1.165, 1.54) is 7.11 Å². The zero-order valence-electron chi connectivity index (χ0n) is 11.5. The van der Waals surface area contributed by atoms with Crippen molar-refractivity contribution in [2.45, 2.75) is 17.3 Å². The molecular weight excluding hydrogens is 292 g/mol. The lowest BCUT2D eigenvalue weighted by atomic mass is 10.3. The third kappa shape index (κ3) is 4.06. The maximum absolute atomic E-state index is 12.1. The van der Waals surface area contributed by atoms with Crippen LogP contribution in [0.5, 0.6) is 5.75 Å². The molecule has 1 aromatic carbocycles. The molecule has 1 aromatic heterocycles. The van der Waals surface area contributed by atoms with Crippen LogP contribution in [-0.4, -0.2) is 33.4 Å². The fourth-order valence-corrected chi connectivity index (χ4v) is 2.31. The van der Waals surface area contributed by atoms with Crippen LogP contribution in [-0.2, 0) is 4.79 Å². The van der Waals surface area contributed by atoms with E-state index in [0.29, 0.717) is 16.6 Å². The molecular formula is C13H14N4O3S. The van der Waals surface area contributed by atoms with Crippen LogP contribution >= 0.6 is 11.8 Å². The molecule has 0 unspecified atom stereocenters. The summed E-state index contributed by atoms with van der Waals surface area (Å²) < 4.78 is 5.17. The van der Waals surface area contributed by atoms with E-state index >= 15 is 0 Å². The number of benzene rings is 1. The van der Waals surface area contributed by atoms with Gasteiger partial charge in [-0.15, -0.1) is 5.10 Å². The van der Waals surface area contributed by atoms with Gasteiger partial charge in [-0.3, -0.25) is 14.6 Å². The first kappa shape index (κ1) is 15.0. The van der Waals surface area contributed by atoms with Gasteiger partial charge < -0.3 is 10.1 Å².